The fourth-order valence-corrected chi connectivity index (χ4v) is 5.68. The van der Waals surface area contributed by atoms with Crippen LogP contribution in [0.25, 0.3) is 0 Å². The first-order chi connectivity index (χ1) is 12.7. The van der Waals surface area contributed by atoms with Crippen LogP contribution in [0.3, 0.4) is 0 Å². The number of ether oxygens (including phenoxy) is 1. The van der Waals surface area contributed by atoms with E-state index in [4.69, 9.17) is 4.74 Å². The lowest BCUT2D eigenvalue weighted by atomic mass is 9.78. The van der Waals surface area contributed by atoms with Crippen molar-refractivity contribution in [3.63, 3.8) is 0 Å². The number of thiophene rings is 2. The van der Waals surface area contributed by atoms with Gasteiger partial charge in [-0.1, -0.05) is 25.0 Å². The van der Waals surface area contributed by atoms with E-state index in [0.29, 0.717) is 6.42 Å². The molecule has 2 fully saturated rings. The summed E-state index contributed by atoms with van der Waals surface area (Å²) in [5.41, 5.74) is -0.223. The molecule has 0 aromatic carbocycles. The van der Waals surface area contributed by atoms with Crippen molar-refractivity contribution in [3.05, 3.63) is 44.8 Å². The van der Waals surface area contributed by atoms with Crippen molar-refractivity contribution in [2.75, 3.05) is 19.7 Å². The van der Waals surface area contributed by atoms with E-state index in [1.54, 1.807) is 11.3 Å². The summed E-state index contributed by atoms with van der Waals surface area (Å²) >= 11 is 3.46. The van der Waals surface area contributed by atoms with Gasteiger partial charge in [0.25, 0.3) is 0 Å². The van der Waals surface area contributed by atoms with Crippen LogP contribution < -0.4 is 5.32 Å². The normalized spacial score (nSPS) is 26.8. The summed E-state index contributed by atoms with van der Waals surface area (Å²) in [5.74, 6) is 0.123. The highest BCUT2D eigenvalue weighted by Gasteiger charge is 2.45. The number of hydrogen-bond acceptors (Lipinski definition) is 5. The topological polar surface area (TPSA) is 41.6 Å². The second-order valence-electron chi connectivity index (χ2n) is 7.33. The molecule has 2 atom stereocenters. The zero-order valence-electron chi connectivity index (χ0n) is 15.0. The van der Waals surface area contributed by atoms with Crippen LogP contribution in [0.4, 0.5) is 0 Å². The Balaban J connectivity index is 1.42. The van der Waals surface area contributed by atoms with E-state index in [-0.39, 0.29) is 17.6 Å². The molecule has 1 amide bonds. The summed E-state index contributed by atoms with van der Waals surface area (Å²) in [6.07, 6.45) is 4.88. The Hall–Kier alpha value is -1.21. The Bertz CT molecular complexity index is 697. The van der Waals surface area contributed by atoms with Crippen LogP contribution in [0, 0.1) is 0 Å². The molecule has 1 spiro atoms. The molecule has 6 heteroatoms. The van der Waals surface area contributed by atoms with E-state index >= 15 is 0 Å². The number of nitrogens with zero attached hydrogens (tertiary/aromatic N) is 1. The first kappa shape index (κ1) is 18.2. The monoisotopic (exact) mass is 390 g/mol. The lowest BCUT2D eigenvalue weighted by Crippen LogP contribution is -2.64. The van der Waals surface area contributed by atoms with Crippen molar-refractivity contribution >= 4 is 28.6 Å². The largest absolute Gasteiger partial charge is 0.370 e. The first-order valence-corrected chi connectivity index (χ1v) is 11.2. The third-order valence-electron chi connectivity index (χ3n) is 5.48. The Kier molecular flexibility index (Phi) is 5.74. The molecule has 3 heterocycles. The molecular formula is C20H26N2O2S2. The molecule has 0 bridgehead atoms. The fourth-order valence-electron chi connectivity index (χ4n) is 4.23. The van der Waals surface area contributed by atoms with Gasteiger partial charge in [-0.15, -0.1) is 22.7 Å². The summed E-state index contributed by atoms with van der Waals surface area (Å²) < 4.78 is 6.35. The number of morpholine rings is 1. The number of amides is 1. The molecule has 1 N–H and O–H groups in total. The van der Waals surface area contributed by atoms with Gasteiger partial charge >= 0.3 is 0 Å². The van der Waals surface area contributed by atoms with Gasteiger partial charge in [-0.25, -0.2) is 0 Å². The number of carbonyl (C=O) groups is 1. The molecule has 2 aliphatic rings. The maximum Gasteiger partial charge on any atom is 0.225 e. The second kappa shape index (κ2) is 8.21. The van der Waals surface area contributed by atoms with Crippen molar-refractivity contribution in [1.82, 2.24) is 10.2 Å². The Morgan fingerprint density at radius 3 is 2.81 bits per heavy atom. The van der Waals surface area contributed by atoms with Crippen LogP contribution in [-0.2, 0) is 22.5 Å². The first-order valence-electron chi connectivity index (χ1n) is 9.44. The summed E-state index contributed by atoms with van der Waals surface area (Å²) in [6, 6.07) is 8.47. The van der Waals surface area contributed by atoms with Crippen molar-refractivity contribution in [2.24, 2.45) is 0 Å². The third kappa shape index (κ3) is 4.19. The Labute approximate surface area is 163 Å². The predicted molar refractivity (Wildman–Crippen MR) is 107 cm³/mol. The molecule has 2 aromatic heterocycles. The number of nitrogens with one attached hydrogen (secondary N) is 1. The molecule has 0 unspecified atom stereocenters. The van der Waals surface area contributed by atoms with Gasteiger partial charge in [0.1, 0.15) is 5.60 Å². The molecule has 1 saturated heterocycles. The van der Waals surface area contributed by atoms with Crippen molar-refractivity contribution in [3.8, 4) is 0 Å². The molecule has 2 aromatic rings. The molecule has 0 radical (unpaired) electrons. The van der Waals surface area contributed by atoms with Crippen LogP contribution in [-0.4, -0.2) is 42.1 Å². The highest BCUT2D eigenvalue weighted by molar-refractivity contribution is 7.10. The predicted octanol–water partition coefficient (Wildman–Crippen LogP) is 3.68. The average Bonchev–Trinajstić information content (AvgIpc) is 3.31. The highest BCUT2D eigenvalue weighted by Crippen LogP contribution is 2.35. The lowest BCUT2D eigenvalue weighted by molar-refractivity contribution is -0.151. The lowest BCUT2D eigenvalue weighted by Gasteiger charge is -2.49. The Morgan fingerprint density at radius 1 is 1.23 bits per heavy atom. The zero-order chi connectivity index (χ0) is 17.8. The molecule has 1 saturated carbocycles. The van der Waals surface area contributed by atoms with Crippen LogP contribution in [0.5, 0.6) is 0 Å². The van der Waals surface area contributed by atoms with Crippen molar-refractivity contribution in [2.45, 2.75) is 50.3 Å². The van der Waals surface area contributed by atoms with E-state index < -0.39 is 0 Å². The van der Waals surface area contributed by atoms with Crippen molar-refractivity contribution < 1.29 is 9.53 Å². The van der Waals surface area contributed by atoms with Gasteiger partial charge in [-0.2, -0.15) is 0 Å². The van der Waals surface area contributed by atoms with E-state index in [9.17, 15) is 4.79 Å². The van der Waals surface area contributed by atoms with Gasteiger partial charge in [0.2, 0.25) is 5.91 Å². The van der Waals surface area contributed by atoms with Gasteiger partial charge in [0.15, 0.2) is 0 Å². The number of hydrogen-bond donors (Lipinski definition) is 1. The Morgan fingerprint density at radius 2 is 2.04 bits per heavy atom. The van der Waals surface area contributed by atoms with Gasteiger partial charge in [0.05, 0.1) is 19.1 Å². The van der Waals surface area contributed by atoms with E-state index in [1.165, 1.54) is 17.7 Å². The summed E-state index contributed by atoms with van der Waals surface area (Å²) in [6.45, 7) is 3.62. The summed E-state index contributed by atoms with van der Waals surface area (Å²) in [4.78, 5) is 17.6. The number of rotatable bonds is 5. The molecular weight excluding hydrogens is 364 g/mol. The second-order valence-corrected chi connectivity index (χ2v) is 9.39. The van der Waals surface area contributed by atoms with E-state index in [2.05, 4.69) is 27.7 Å². The van der Waals surface area contributed by atoms with Gasteiger partial charge in [-0.3, -0.25) is 9.69 Å². The minimum absolute atomic E-state index is 0.120. The van der Waals surface area contributed by atoms with E-state index in [1.807, 2.05) is 28.8 Å². The highest BCUT2D eigenvalue weighted by atomic mass is 32.1. The fraction of sp³-hybridized carbons (Fsp3) is 0.550. The van der Waals surface area contributed by atoms with Crippen LogP contribution in [0.15, 0.2) is 35.0 Å². The van der Waals surface area contributed by atoms with Gasteiger partial charge in [-0.05, 0) is 35.7 Å². The molecule has 140 valence electrons. The summed E-state index contributed by atoms with van der Waals surface area (Å²) in [5, 5.41) is 7.48. The van der Waals surface area contributed by atoms with Crippen LogP contribution in [0.2, 0.25) is 0 Å². The quantitative estimate of drug-likeness (QED) is 0.847. The molecule has 1 aliphatic carbocycles. The minimum Gasteiger partial charge on any atom is -0.370 e. The van der Waals surface area contributed by atoms with Crippen LogP contribution in [0.1, 0.15) is 35.4 Å². The zero-order valence-corrected chi connectivity index (χ0v) is 16.6. The van der Waals surface area contributed by atoms with Crippen molar-refractivity contribution in [1.29, 1.82) is 0 Å². The SMILES string of the molecule is O=C(Cc1cccs1)N[C@H]1CCCC[C@]12CN(Cc1cccs1)CCO2. The summed E-state index contributed by atoms with van der Waals surface area (Å²) in [7, 11) is 0. The maximum absolute atomic E-state index is 12.6. The smallest absolute Gasteiger partial charge is 0.225 e. The minimum atomic E-state index is -0.223. The molecule has 4 rings (SSSR count). The van der Waals surface area contributed by atoms with E-state index in [0.717, 1.165) is 44.0 Å². The average molecular weight is 391 g/mol. The maximum atomic E-state index is 12.6. The molecule has 26 heavy (non-hydrogen) atoms. The third-order valence-corrected chi connectivity index (χ3v) is 7.21. The number of carbonyl (C=O) groups excluding carboxylic acids is 1. The van der Waals surface area contributed by atoms with Gasteiger partial charge < -0.3 is 10.1 Å². The molecule has 4 nitrogen and oxygen atoms in total. The van der Waals surface area contributed by atoms with Crippen LogP contribution >= 0.6 is 22.7 Å². The van der Waals surface area contributed by atoms with Gasteiger partial charge in [0, 0.05) is 29.4 Å². The standard InChI is InChI=1S/C20H26N2O2S2/c23-19(13-16-5-3-11-25-16)21-18-7-1-2-8-20(18)15-22(9-10-24-20)14-17-6-4-12-26-17/h3-6,11-12,18H,1-2,7-10,13-15H2,(H,21,23)/t18-,20-/m0/s1. The molecule has 1 aliphatic heterocycles.